The summed E-state index contributed by atoms with van der Waals surface area (Å²) in [6, 6.07) is 13.1. The number of halogens is 2. The Hall–Kier alpha value is -1.67. The second-order valence-electron chi connectivity index (χ2n) is 6.04. The van der Waals surface area contributed by atoms with E-state index in [0.29, 0.717) is 24.6 Å². The summed E-state index contributed by atoms with van der Waals surface area (Å²) in [4.78, 5) is 6.26. The lowest BCUT2D eigenvalue weighted by atomic mass is 10.1. The van der Waals surface area contributed by atoms with E-state index in [-0.39, 0.29) is 29.8 Å². The van der Waals surface area contributed by atoms with E-state index in [2.05, 4.69) is 29.4 Å². The van der Waals surface area contributed by atoms with Gasteiger partial charge < -0.3 is 16.0 Å². The average molecular weight is 456 g/mol. The maximum Gasteiger partial charge on any atom is 0.193 e. The fourth-order valence-corrected chi connectivity index (χ4v) is 2.38. The summed E-state index contributed by atoms with van der Waals surface area (Å²) in [5, 5.41) is 3.07. The summed E-state index contributed by atoms with van der Waals surface area (Å²) in [5.74, 6) is 0.149. The van der Waals surface area contributed by atoms with Crippen LogP contribution in [0.3, 0.4) is 0 Å². The van der Waals surface area contributed by atoms with Crippen molar-refractivity contribution < 1.29 is 4.39 Å². The highest BCUT2D eigenvalue weighted by molar-refractivity contribution is 14.0. The second-order valence-corrected chi connectivity index (χ2v) is 6.04. The molecule has 2 rings (SSSR count). The van der Waals surface area contributed by atoms with Crippen molar-refractivity contribution in [3.8, 4) is 0 Å². The van der Waals surface area contributed by atoms with Crippen LogP contribution < -0.4 is 11.1 Å². The van der Waals surface area contributed by atoms with Crippen LogP contribution in [-0.2, 0) is 19.5 Å². The van der Waals surface area contributed by atoms with Gasteiger partial charge in [0.1, 0.15) is 5.82 Å². The largest absolute Gasteiger partial charge is 0.370 e. The van der Waals surface area contributed by atoms with Gasteiger partial charge in [-0.3, -0.25) is 0 Å². The van der Waals surface area contributed by atoms with E-state index in [0.717, 1.165) is 17.7 Å². The van der Waals surface area contributed by atoms with Gasteiger partial charge in [0, 0.05) is 17.8 Å². The van der Waals surface area contributed by atoms with E-state index in [9.17, 15) is 4.39 Å². The van der Waals surface area contributed by atoms with Crippen molar-refractivity contribution >= 4 is 35.6 Å². The van der Waals surface area contributed by atoms with E-state index < -0.39 is 0 Å². The maximum absolute atomic E-state index is 13.8. The third kappa shape index (κ3) is 6.99. The van der Waals surface area contributed by atoms with Gasteiger partial charge in [-0.05, 0) is 55.9 Å². The normalized spacial score (nSPS) is 11.3. The number of guanidine groups is 1. The van der Waals surface area contributed by atoms with Crippen LogP contribution in [0.5, 0.6) is 0 Å². The van der Waals surface area contributed by atoms with E-state index in [1.165, 1.54) is 11.6 Å². The molecule has 0 heterocycles. The summed E-state index contributed by atoms with van der Waals surface area (Å²) >= 11 is 0. The molecule has 0 saturated heterocycles. The van der Waals surface area contributed by atoms with Gasteiger partial charge in [-0.25, -0.2) is 9.38 Å². The van der Waals surface area contributed by atoms with Crippen molar-refractivity contribution in [1.82, 2.24) is 4.90 Å². The highest BCUT2D eigenvalue weighted by Gasteiger charge is 2.05. The molecular weight excluding hydrogens is 430 g/mol. The number of rotatable bonds is 6. The molecule has 0 unspecified atom stereocenters. The molecule has 0 aromatic heterocycles. The minimum atomic E-state index is -0.196. The molecule has 0 spiro atoms. The first kappa shape index (κ1) is 21.4. The number of hydrogen-bond donors (Lipinski definition) is 2. The van der Waals surface area contributed by atoms with Gasteiger partial charge >= 0.3 is 0 Å². The van der Waals surface area contributed by atoms with Crippen LogP contribution >= 0.6 is 24.0 Å². The third-order valence-corrected chi connectivity index (χ3v) is 3.66. The number of nitrogens with zero attached hydrogens (tertiary/aromatic N) is 2. The van der Waals surface area contributed by atoms with E-state index >= 15 is 0 Å². The number of aliphatic imine (C=N–C) groups is 1. The fourth-order valence-electron chi connectivity index (χ4n) is 2.38. The Morgan fingerprint density at radius 2 is 1.76 bits per heavy atom. The average Bonchev–Trinajstić information content (AvgIpc) is 2.56. The lowest BCUT2D eigenvalue weighted by molar-refractivity contribution is 0.392. The van der Waals surface area contributed by atoms with Crippen molar-refractivity contribution in [2.45, 2.75) is 26.4 Å². The molecule has 0 aliphatic heterocycles. The first-order chi connectivity index (χ1) is 11.5. The van der Waals surface area contributed by atoms with Gasteiger partial charge in [0.15, 0.2) is 5.96 Å². The molecule has 25 heavy (non-hydrogen) atoms. The van der Waals surface area contributed by atoms with Gasteiger partial charge in [-0.1, -0.05) is 25.1 Å². The summed E-state index contributed by atoms with van der Waals surface area (Å²) < 4.78 is 13.8. The van der Waals surface area contributed by atoms with Gasteiger partial charge in [-0.15, -0.1) is 24.0 Å². The van der Waals surface area contributed by atoms with Crippen molar-refractivity contribution in [3.05, 3.63) is 65.0 Å². The zero-order valence-corrected chi connectivity index (χ0v) is 17.3. The predicted molar refractivity (Wildman–Crippen MR) is 114 cm³/mol. The summed E-state index contributed by atoms with van der Waals surface area (Å²) in [6.07, 6.45) is 1.00. The number of nitrogens with one attached hydrogen (secondary N) is 1. The molecule has 0 fully saturated rings. The Morgan fingerprint density at radius 1 is 1.12 bits per heavy atom. The number of benzene rings is 2. The molecule has 136 valence electrons. The predicted octanol–water partition coefficient (Wildman–Crippen LogP) is 3.99. The number of hydrogen-bond acceptors (Lipinski definition) is 2. The Balaban J connectivity index is 0.00000312. The SMILES string of the molecule is CCc1ccc(NC(N)=NCc2ccc(F)c(CN(C)C)c2)cc1.I. The highest BCUT2D eigenvalue weighted by atomic mass is 127. The van der Waals surface area contributed by atoms with Gasteiger partial charge in [0.05, 0.1) is 6.54 Å². The van der Waals surface area contributed by atoms with E-state index in [1.54, 1.807) is 6.07 Å². The molecular formula is C19H26FIN4. The summed E-state index contributed by atoms with van der Waals surface area (Å²) in [7, 11) is 3.83. The molecule has 0 amide bonds. The monoisotopic (exact) mass is 456 g/mol. The standard InChI is InChI=1S/C19H25FN4.HI/c1-4-14-5-8-17(9-6-14)23-19(21)22-12-15-7-10-18(20)16(11-15)13-24(2)3;/h5-11H,4,12-13H2,1-3H3,(H3,21,22,23);1H. The quantitative estimate of drug-likeness (QED) is 0.393. The molecule has 0 aliphatic rings. The number of anilines is 1. The topological polar surface area (TPSA) is 53.6 Å². The van der Waals surface area contributed by atoms with Crippen molar-refractivity contribution in [1.29, 1.82) is 0 Å². The minimum absolute atomic E-state index is 0. The second kappa shape index (κ2) is 10.4. The van der Waals surface area contributed by atoms with Crippen LogP contribution in [0.1, 0.15) is 23.6 Å². The van der Waals surface area contributed by atoms with Crippen molar-refractivity contribution in [3.63, 3.8) is 0 Å². The van der Waals surface area contributed by atoms with Crippen LogP contribution in [0.25, 0.3) is 0 Å². The number of aryl methyl sites for hydroxylation is 1. The highest BCUT2D eigenvalue weighted by Crippen LogP contribution is 2.13. The molecule has 6 heteroatoms. The van der Waals surface area contributed by atoms with Gasteiger partial charge in [0.25, 0.3) is 0 Å². The minimum Gasteiger partial charge on any atom is -0.370 e. The zero-order chi connectivity index (χ0) is 17.5. The Bertz CT molecular complexity index is 699. The maximum atomic E-state index is 13.8. The zero-order valence-electron chi connectivity index (χ0n) is 14.9. The molecule has 0 radical (unpaired) electrons. The number of nitrogens with two attached hydrogens (primary N) is 1. The molecule has 4 nitrogen and oxygen atoms in total. The first-order valence-corrected chi connectivity index (χ1v) is 8.06. The molecule has 2 aromatic rings. The fraction of sp³-hybridized carbons (Fsp3) is 0.316. The summed E-state index contributed by atoms with van der Waals surface area (Å²) in [6.45, 7) is 3.08. The van der Waals surface area contributed by atoms with Gasteiger partial charge in [-0.2, -0.15) is 0 Å². The first-order valence-electron chi connectivity index (χ1n) is 8.06. The van der Waals surface area contributed by atoms with Crippen LogP contribution in [-0.4, -0.2) is 25.0 Å². The Labute approximate surface area is 166 Å². The van der Waals surface area contributed by atoms with E-state index in [4.69, 9.17) is 5.73 Å². The lowest BCUT2D eigenvalue weighted by Gasteiger charge is -2.11. The lowest BCUT2D eigenvalue weighted by Crippen LogP contribution is -2.22. The molecule has 0 atom stereocenters. The Morgan fingerprint density at radius 3 is 2.36 bits per heavy atom. The van der Waals surface area contributed by atoms with E-state index in [1.807, 2.05) is 37.2 Å². The van der Waals surface area contributed by atoms with Crippen LogP contribution in [0, 0.1) is 5.82 Å². The molecule has 3 N–H and O–H groups in total. The molecule has 0 aliphatic carbocycles. The third-order valence-electron chi connectivity index (χ3n) is 3.66. The van der Waals surface area contributed by atoms with Crippen LogP contribution in [0.4, 0.5) is 10.1 Å². The Kier molecular flexibility index (Phi) is 8.85. The molecule has 0 bridgehead atoms. The van der Waals surface area contributed by atoms with Crippen LogP contribution in [0.2, 0.25) is 0 Å². The van der Waals surface area contributed by atoms with Crippen molar-refractivity contribution in [2.75, 3.05) is 19.4 Å². The van der Waals surface area contributed by atoms with Gasteiger partial charge in [0.2, 0.25) is 0 Å². The van der Waals surface area contributed by atoms with Crippen LogP contribution in [0.15, 0.2) is 47.5 Å². The molecule has 2 aromatic carbocycles. The smallest absolute Gasteiger partial charge is 0.193 e. The molecule has 0 saturated carbocycles. The summed E-state index contributed by atoms with van der Waals surface area (Å²) in [5.41, 5.74) is 9.70. The van der Waals surface area contributed by atoms with Crippen molar-refractivity contribution in [2.24, 2.45) is 10.7 Å².